The van der Waals surface area contributed by atoms with Gasteiger partial charge in [-0.1, -0.05) is 18.2 Å². The number of fused-ring (bicyclic) bond motifs is 3. The van der Waals surface area contributed by atoms with Gasteiger partial charge in [-0.3, -0.25) is 0 Å². The summed E-state index contributed by atoms with van der Waals surface area (Å²) in [5.74, 6) is -0.435. The summed E-state index contributed by atoms with van der Waals surface area (Å²) in [7, 11) is 3.00. The Morgan fingerprint density at radius 3 is 2.75 bits per heavy atom. The fourth-order valence-electron chi connectivity index (χ4n) is 2.43. The molecule has 0 saturated heterocycles. The number of carbonyl (C=O) groups excluding carboxylic acids is 1. The molecule has 3 rings (SSSR count). The van der Waals surface area contributed by atoms with Crippen molar-refractivity contribution in [2.45, 2.75) is 6.73 Å². The van der Waals surface area contributed by atoms with E-state index in [0.717, 1.165) is 21.8 Å². The van der Waals surface area contributed by atoms with Gasteiger partial charge in [-0.2, -0.15) is 0 Å². The lowest BCUT2D eigenvalue weighted by Gasteiger charge is -2.05. The molecule has 0 aliphatic rings. The summed E-state index contributed by atoms with van der Waals surface area (Å²) in [5, 5.41) is 2.03. The number of hydrogen-bond donors (Lipinski definition) is 0. The van der Waals surface area contributed by atoms with Crippen LogP contribution in [0.1, 0.15) is 10.5 Å². The van der Waals surface area contributed by atoms with E-state index in [-0.39, 0.29) is 0 Å². The van der Waals surface area contributed by atoms with E-state index in [4.69, 9.17) is 9.47 Å². The van der Waals surface area contributed by atoms with E-state index in [1.807, 2.05) is 28.8 Å². The topological polar surface area (TPSA) is 53.4 Å². The normalized spacial score (nSPS) is 11.1. The molecular weight excluding hydrogens is 256 g/mol. The van der Waals surface area contributed by atoms with Crippen molar-refractivity contribution in [3.8, 4) is 0 Å². The summed E-state index contributed by atoms with van der Waals surface area (Å²) >= 11 is 0. The largest absolute Gasteiger partial charge is 0.464 e. The number of pyridine rings is 1. The molecule has 0 atom stereocenters. The maximum absolute atomic E-state index is 11.6. The van der Waals surface area contributed by atoms with Gasteiger partial charge in [0.05, 0.1) is 24.3 Å². The van der Waals surface area contributed by atoms with Crippen LogP contribution in [0, 0.1) is 0 Å². The Labute approximate surface area is 115 Å². The van der Waals surface area contributed by atoms with Crippen LogP contribution in [0.5, 0.6) is 0 Å². The maximum Gasteiger partial charge on any atom is 0.356 e. The van der Waals surface area contributed by atoms with E-state index in [9.17, 15) is 4.79 Å². The molecule has 2 aromatic heterocycles. The molecule has 5 heteroatoms. The number of hydrogen-bond acceptors (Lipinski definition) is 4. The summed E-state index contributed by atoms with van der Waals surface area (Å²) < 4.78 is 12.0. The van der Waals surface area contributed by atoms with Crippen LogP contribution in [0.25, 0.3) is 21.8 Å². The van der Waals surface area contributed by atoms with Crippen molar-refractivity contribution in [3.63, 3.8) is 0 Å². The number of nitrogens with zero attached hydrogens (tertiary/aromatic N) is 2. The lowest BCUT2D eigenvalue weighted by atomic mass is 10.1. The number of carbonyl (C=O) groups is 1. The third-order valence-corrected chi connectivity index (χ3v) is 3.31. The van der Waals surface area contributed by atoms with Crippen molar-refractivity contribution in [1.29, 1.82) is 0 Å². The first kappa shape index (κ1) is 12.6. The Balaban J connectivity index is 2.34. The predicted octanol–water partition coefficient (Wildman–Crippen LogP) is 2.58. The minimum absolute atomic E-state index is 0.306. The van der Waals surface area contributed by atoms with Crippen LogP contribution in [-0.4, -0.2) is 29.7 Å². The molecule has 0 saturated carbocycles. The van der Waals surface area contributed by atoms with Crippen LogP contribution in [0.15, 0.2) is 36.5 Å². The standard InChI is InChI=1S/C15H14N2O3/c1-19-9-17-13-6-4-3-5-10(13)11-7-12(15(18)20-2)16-8-14(11)17/h3-8H,9H2,1-2H3. The van der Waals surface area contributed by atoms with Gasteiger partial charge in [-0.05, 0) is 12.1 Å². The van der Waals surface area contributed by atoms with Crippen LogP contribution in [-0.2, 0) is 16.2 Å². The van der Waals surface area contributed by atoms with E-state index in [0.29, 0.717) is 12.4 Å². The average Bonchev–Trinajstić information content (AvgIpc) is 2.81. The maximum atomic E-state index is 11.6. The zero-order valence-electron chi connectivity index (χ0n) is 11.3. The first-order chi connectivity index (χ1) is 9.76. The highest BCUT2D eigenvalue weighted by molar-refractivity contribution is 6.09. The third-order valence-electron chi connectivity index (χ3n) is 3.31. The molecule has 0 unspecified atom stereocenters. The van der Waals surface area contributed by atoms with Crippen LogP contribution in [0.2, 0.25) is 0 Å². The van der Waals surface area contributed by atoms with Crippen LogP contribution in [0.3, 0.4) is 0 Å². The second-order valence-electron chi connectivity index (χ2n) is 4.44. The zero-order valence-corrected chi connectivity index (χ0v) is 11.3. The van der Waals surface area contributed by atoms with Gasteiger partial charge in [0.25, 0.3) is 0 Å². The van der Waals surface area contributed by atoms with Gasteiger partial charge in [0, 0.05) is 17.9 Å². The summed E-state index contributed by atoms with van der Waals surface area (Å²) in [4.78, 5) is 15.8. The Kier molecular flexibility index (Phi) is 3.12. The molecule has 0 bridgehead atoms. The Hall–Kier alpha value is -2.40. The average molecular weight is 270 g/mol. The number of ether oxygens (including phenoxy) is 2. The van der Waals surface area contributed by atoms with Crippen molar-refractivity contribution in [3.05, 3.63) is 42.2 Å². The fraction of sp³-hybridized carbons (Fsp3) is 0.200. The van der Waals surface area contributed by atoms with Crippen molar-refractivity contribution in [2.75, 3.05) is 14.2 Å². The first-order valence-corrected chi connectivity index (χ1v) is 6.20. The van der Waals surface area contributed by atoms with Gasteiger partial charge >= 0.3 is 5.97 Å². The van der Waals surface area contributed by atoms with E-state index >= 15 is 0 Å². The molecule has 0 radical (unpaired) electrons. The minimum Gasteiger partial charge on any atom is -0.464 e. The second kappa shape index (κ2) is 4.94. The molecule has 0 spiro atoms. The lowest BCUT2D eigenvalue weighted by molar-refractivity contribution is 0.0594. The molecule has 0 aliphatic carbocycles. The molecule has 0 N–H and O–H groups in total. The summed E-state index contributed by atoms with van der Waals surface area (Å²) in [5.41, 5.74) is 2.29. The first-order valence-electron chi connectivity index (χ1n) is 6.20. The second-order valence-corrected chi connectivity index (χ2v) is 4.44. The van der Waals surface area contributed by atoms with Crippen molar-refractivity contribution >= 4 is 27.8 Å². The molecule has 0 aliphatic heterocycles. The number of methoxy groups -OCH3 is 2. The highest BCUT2D eigenvalue weighted by atomic mass is 16.5. The Bertz CT molecular complexity index is 792. The van der Waals surface area contributed by atoms with Gasteiger partial charge in [0.15, 0.2) is 0 Å². The van der Waals surface area contributed by atoms with E-state index < -0.39 is 5.97 Å². The molecule has 2 heterocycles. The van der Waals surface area contributed by atoms with Crippen molar-refractivity contribution in [1.82, 2.24) is 9.55 Å². The molecule has 1 aromatic carbocycles. The quantitative estimate of drug-likeness (QED) is 0.686. The van der Waals surface area contributed by atoms with Crippen molar-refractivity contribution in [2.24, 2.45) is 0 Å². The third kappa shape index (κ3) is 1.83. The van der Waals surface area contributed by atoms with E-state index in [1.165, 1.54) is 7.11 Å². The molecule has 102 valence electrons. The highest BCUT2D eigenvalue weighted by Crippen LogP contribution is 2.28. The number of benzene rings is 1. The zero-order chi connectivity index (χ0) is 14.1. The number of para-hydroxylation sites is 1. The summed E-state index contributed by atoms with van der Waals surface area (Å²) in [6.45, 7) is 0.434. The lowest BCUT2D eigenvalue weighted by Crippen LogP contribution is -2.04. The Morgan fingerprint density at radius 1 is 1.20 bits per heavy atom. The number of rotatable bonds is 3. The molecule has 5 nitrogen and oxygen atoms in total. The van der Waals surface area contributed by atoms with Crippen LogP contribution in [0.4, 0.5) is 0 Å². The molecular formula is C15H14N2O3. The van der Waals surface area contributed by atoms with E-state index in [2.05, 4.69) is 4.98 Å². The van der Waals surface area contributed by atoms with Crippen LogP contribution < -0.4 is 0 Å². The number of esters is 1. The van der Waals surface area contributed by atoms with Gasteiger partial charge in [0.2, 0.25) is 0 Å². The van der Waals surface area contributed by atoms with Gasteiger partial charge in [0.1, 0.15) is 12.4 Å². The summed E-state index contributed by atoms with van der Waals surface area (Å²) in [6, 6.07) is 9.74. The van der Waals surface area contributed by atoms with Gasteiger partial charge < -0.3 is 14.0 Å². The summed E-state index contributed by atoms with van der Waals surface area (Å²) in [6.07, 6.45) is 1.68. The molecule has 3 aromatic rings. The molecule has 20 heavy (non-hydrogen) atoms. The number of aromatic nitrogens is 2. The minimum atomic E-state index is -0.435. The predicted molar refractivity (Wildman–Crippen MR) is 75.6 cm³/mol. The van der Waals surface area contributed by atoms with E-state index in [1.54, 1.807) is 19.4 Å². The molecule has 0 amide bonds. The van der Waals surface area contributed by atoms with Gasteiger partial charge in [-0.25, -0.2) is 9.78 Å². The SMILES string of the molecule is COCn1c2ccccc2c2cc(C(=O)OC)ncc21. The van der Waals surface area contributed by atoms with Crippen molar-refractivity contribution < 1.29 is 14.3 Å². The van der Waals surface area contributed by atoms with Crippen LogP contribution >= 0.6 is 0 Å². The highest BCUT2D eigenvalue weighted by Gasteiger charge is 2.14. The Morgan fingerprint density at radius 2 is 2.00 bits per heavy atom. The van der Waals surface area contributed by atoms with Gasteiger partial charge in [-0.15, -0.1) is 0 Å². The monoisotopic (exact) mass is 270 g/mol. The smallest absolute Gasteiger partial charge is 0.356 e. The molecule has 0 fully saturated rings. The fourth-order valence-corrected chi connectivity index (χ4v) is 2.43.